The van der Waals surface area contributed by atoms with E-state index in [0.29, 0.717) is 18.0 Å². The lowest BCUT2D eigenvalue weighted by Crippen LogP contribution is -2.31. The van der Waals surface area contributed by atoms with Gasteiger partial charge < -0.3 is 5.32 Å². The maximum absolute atomic E-state index is 12.1. The number of amides is 1. The Morgan fingerprint density at radius 3 is 2.64 bits per heavy atom. The summed E-state index contributed by atoms with van der Waals surface area (Å²) in [5.41, 5.74) is 6.00. The highest BCUT2D eigenvalue weighted by atomic mass is 16.1. The van der Waals surface area contributed by atoms with Crippen LogP contribution in [0.2, 0.25) is 0 Å². The summed E-state index contributed by atoms with van der Waals surface area (Å²) in [5, 5.41) is 3.01. The third-order valence-corrected chi connectivity index (χ3v) is 5.09. The van der Waals surface area contributed by atoms with Gasteiger partial charge in [0.05, 0.1) is 5.56 Å². The summed E-state index contributed by atoms with van der Waals surface area (Å²) >= 11 is 0. The smallest absolute Gasteiger partial charge is 0.254 e. The van der Waals surface area contributed by atoms with Crippen LogP contribution in [0.5, 0.6) is 0 Å². The second-order valence-corrected chi connectivity index (χ2v) is 7.09. The van der Waals surface area contributed by atoms with Gasteiger partial charge in [0.1, 0.15) is 6.33 Å². The van der Waals surface area contributed by atoms with Crippen molar-refractivity contribution in [1.82, 2.24) is 20.2 Å². The highest BCUT2D eigenvalue weighted by Crippen LogP contribution is 2.22. The maximum Gasteiger partial charge on any atom is 0.254 e. The van der Waals surface area contributed by atoms with E-state index in [1.807, 2.05) is 0 Å². The Kier molecular flexibility index (Phi) is 5.43. The normalized spacial score (nSPS) is 17.6. The molecule has 1 amide bonds. The molecule has 5 heteroatoms. The minimum atomic E-state index is -0.0935. The topological polar surface area (TPSA) is 58.1 Å². The predicted molar refractivity (Wildman–Crippen MR) is 98.4 cm³/mol. The molecule has 0 bridgehead atoms. The molecule has 0 spiro atoms. The Bertz CT molecular complexity index is 745. The van der Waals surface area contributed by atoms with Crippen LogP contribution in [0.4, 0.5) is 0 Å². The van der Waals surface area contributed by atoms with Crippen molar-refractivity contribution in [3.63, 3.8) is 0 Å². The molecule has 1 saturated heterocycles. The van der Waals surface area contributed by atoms with Gasteiger partial charge in [0.2, 0.25) is 0 Å². The molecule has 5 nitrogen and oxygen atoms in total. The zero-order chi connectivity index (χ0) is 17.8. The number of rotatable bonds is 5. The summed E-state index contributed by atoms with van der Waals surface area (Å²) in [6.07, 6.45) is 5.65. The zero-order valence-electron chi connectivity index (χ0n) is 15.2. The van der Waals surface area contributed by atoms with E-state index in [2.05, 4.69) is 53.1 Å². The van der Waals surface area contributed by atoms with E-state index in [-0.39, 0.29) is 5.91 Å². The molecule has 1 fully saturated rings. The lowest BCUT2D eigenvalue weighted by Gasteiger charge is -2.19. The first-order valence-electron chi connectivity index (χ1n) is 8.85. The van der Waals surface area contributed by atoms with Crippen LogP contribution in [-0.2, 0) is 6.54 Å². The van der Waals surface area contributed by atoms with Crippen LogP contribution in [0.25, 0.3) is 0 Å². The van der Waals surface area contributed by atoms with Crippen LogP contribution >= 0.6 is 0 Å². The quantitative estimate of drug-likeness (QED) is 0.910. The highest BCUT2D eigenvalue weighted by molar-refractivity contribution is 5.93. The number of carbonyl (C=O) groups is 1. The third-order valence-electron chi connectivity index (χ3n) is 5.09. The van der Waals surface area contributed by atoms with Gasteiger partial charge in [-0.1, -0.05) is 12.1 Å². The van der Waals surface area contributed by atoms with Crippen LogP contribution in [-0.4, -0.2) is 40.4 Å². The van der Waals surface area contributed by atoms with Crippen molar-refractivity contribution < 1.29 is 4.79 Å². The highest BCUT2D eigenvalue weighted by Gasteiger charge is 2.23. The van der Waals surface area contributed by atoms with Crippen LogP contribution in [0.1, 0.15) is 39.0 Å². The summed E-state index contributed by atoms with van der Waals surface area (Å²) in [4.78, 5) is 22.3. The molecule has 0 unspecified atom stereocenters. The minimum absolute atomic E-state index is 0.0935. The molecule has 2 heterocycles. The second-order valence-electron chi connectivity index (χ2n) is 7.09. The molecule has 0 radical (unpaired) electrons. The van der Waals surface area contributed by atoms with Crippen LogP contribution in [0.15, 0.2) is 30.9 Å². The summed E-state index contributed by atoms with van der Waals surface area (Å²) in [7, 11) is 0. The number of benzene rings is 1. The lowest BCUT2D eigenvalue weighted by atomic mass is 10.0. The van der Waals surface area contributed by atoms with Gasteiger partial charge >= 0.3 is 0 Å². The van der Waals surface area contributed by atoms with Gasteiger partial charge in [-0.2, -0.15) is 0 Å². The van der Waals surface area contributed by atoms with Gasteiger partial charge in [-0.05, 0) is 61.9 Å². The largest absolute Gasteiger partial charge is 0.352 e. The fraction of sp³-hybridized carbons (Fsp3) is 0.450. The molecule has 0 aliphatic carbocycles. The molecular weight excluding hydrogens is 312 g/mol. The van der Waals surface area contributed by atoms with Crippen molar-refractivity contribution >= 4 is 5.91 Å². The Morgan fingerprint density at radius 1 is 1.16 bits per heavy atom. The van der Waals surface area contributed by atoms with Gasteiger partial charge in [0, 0.05) is 32.0 Å². The standard InChI is InChI=1S/C20H26N4O/c1-14-6-16(3)18(7-15(14)2)12-24-5-4-17(11-24)8-23-20(25)19-9-21-13-22-10-19/h6-7,9-10,13,17H,4-5,8,11-12H2,1-3H3,(H,23,25)/t17-/m0/s1. The average Bonchev–Trinajstić information content (AvgIpc) is 3.06. The van der Waals surface area contributed by atoms with Crippen molar-refractivity contribution in [1.29, 1.82) is 0 Å². The van der Waals surface area contributed by atoms with Crippen LogP contribution in [0.3, 0.4) is 0 Å². The molecule has 132 valence electrons. The van der Waals surface area contributed by atoms with Gasteiger partial charge in [0.25, 0.3) is 5.91 Å². The number of aromatic nitrogens is 2. The van der Waals surface area contributed by atoms with E-state index in [9.17, 15) is 4.79 Å². The van der Waals surface area contributed by atoms with Gasteiger partial charge in [-0.15, -0.1) is 0 Å². The first-order valence-corrected chi connectivity index (χ1v) is 8.85. The Hall–Kier alpha value is -2.27. The van der Waals surface area contributed by atoms with Gasteiger partial charge in [-0.3, -0.25) is 9.69 Å². The number of hydrogen-bond acceptors (Lipinski definition) is 4. The summed E-state index contributed by atoms with van der Waals surface area (Å²) in [6, 6.07) is 4.59. The number of aryl methyl sites for hydroxylation is 3. The Labute approximate surface area is 149 Å². The van der Waals surface area contributed by atoms with E-state index < -0.39 is 0 Å². The van der Waals surface area contributed by atoms with E-state index >= 15 is 0 Å². The maximum atomic E-state index is 12.1. The SMILES string of the molecule is Cc1cc(C)c(CN2CC[C@@H](CNC(=O)c3cncnc3)C2)cc1C. The lowest BCUT2D eigenvalue weighted by molar-refractivity contribution is 0.0946. The van der Waals surface area contributed by atoms with E-state index in [4.69, 9.17) is 0 Å². The molecule has 1 aliphatic heterocycles. The van der Waals surface area contributed by atoms with Crippen molar-refractivity contribution in [2.45, 2.75) is 33.7 Å². The first kappa shape index (κ1) is 17.5. The average molecular weight is 338 g/mol. The van der Waals surface area contributed by atoms with E-state index in [1.54, 1.807) is 12.4 Å². The summed E-state index contributed by atoms with van der Waals surface area (Å²) in [6.45, 7) is 10.3. The number of hydrogen-bond donors (Lipinski definition) is 1. The number of likely N-dealkylation sites (tertiary alicyclic amines) is 1. The van der Waals surface area contributed by atoms with Gasteiger partial charge in [-0.25, -0.2) is 9.97 Å². The van der Waals surface area contributed by atoms with Crippen molar-refractivity contribution in [3.8, 4) is 0 Å². The predicted octanol–water partition coefficient (Wildman–Crippen LogP) is 2.65. The molecule has 3 rings (SSSR count). The Morgan fingerprint density at radius 2 is 1.88 bits per heavy atom. The summed E-state index contributed by atoms with van der Waals surface area (Å²) < 4.78 is 0. The third kappa shape index (κ3) is 4.42. The monoisotopic (exact) mass is 338 g/mol. The second kappa shape index (κ2) is 7.74. The van der Waals surface area contributed by atoms with Crippen molar-refractivity contribution in [3.05, 3.63) is 58.7 Å². The molecular formula is C20H26N4O. The van der Waals surface area contributed by atoms with Crippen molar-refractivity contribution in [2.24, 2.45) is 5.92 Å². The Balaban J connectivity index is 1.51. The zero-order valence-corrected chi connectivity index (χ0v) is 15.2. The molecule has 0 saturated carbocycles. The number of carbonyl (C=O) groups excluding carboxylic acids is 1. The number of nitrogens with zero attached hydrogens (tertiary/aromatic N) is 3. The summed E-state index contributed by atoms with van der Waals surface area (Å²) in [5.74, 6) is 0.407. The molecule has 2 aromatic rings. The van der Waals surface area contributed by atoms with E-state index in [0.717, 1.165) is 26.1 Å². The van der Waals surface area contributed by atoms with E-state index in [1.165, 1.54) is 28.6 Å². The van der Waals surface area contributed by atoms with Gasteiger partial charge in [0.15, 0.2) is 0 Å². The fourth-order valence-electron chi connectivity index (χ4n) is 3.41. The van der Waals surface area contributed by atoms with Crippen LogP contribution in [0, 0.1) is 26.7 Å². The fourth-order valence-corrected chi connectivity index (χ4v) is 3.41. The first-order chi connectivity index (χ1) is 12.0. The molecule has 1 aromatic heterocycles. The number of nitrogens with one attached hydrogen (secondary N) is 1. The minimum Gasteiger partial charge on any atom is -0.352 e. The molecule has 1 aromatic carbocycles. The molecule has 1 atom stereocenters. The van der Waals surface area contributed by atoms with Crippen LogP contribution < -0.4 is 5.32 Å². The molecule has 25 heavy (non-hydrogen) atoms. The van der Waals surface area contributed by atoms with Crippen molar-refractivity contribution in [2.75, 3.05) is 19.6 Å². The molecule has 1 N–H and O–H groups in total. The molecule has 1 aliphatic rings.